The van der Waals surface area contributed by atoms with E-state index in [1.165, 1.54) is 30.5 Å². The summed E-state index contributed by atoms with van der Waals surface area (Å²) in [7, 11) is 1.72. The molecular formula is C18H24N2O. The van der Waals surface area contributed by atoms with Gasteiger partial charge in [-0.3, -0.25) is 4.90 Å². The number of likely N-dealkylation sites (tertiary alicyclic amines) is 1. The van der Waals surface area contributed by atoms with Gasteiger partial charge < -0.3 is 10.1 Å². The number of methoxy groups -OCH3 is 1. The third kappa shape index (κ3) is 2.02. The van der Waals surface area contributed by atoms with Gasteiger partial charge >= 0.3 is 0 Å². The quantitative estimate of drug-likeness (QED) is 0.926. The molecule has 112 valence electrons. The summed E-state index contributed by atoms with van der Waals surface area (Å²) in [5, 5.41) is 8.77. The second kappa shape index (κ2) is 4.57. The third-order valence-electron chi connectivity index (χ3n) is 5.78. The first kappa shape index (κ1) is 13.3. The lowest BCUT2D eigenvalue weighted by Gasteiger charge is -2.50. The lowest BCUT2D eigenvalue weighted by Crippen LogP contribution is -2.59. The molecule has 2 unspecified atom stereocenters. The summed E-state index contributed by atoms with van der Waals surface area (Å²) in [6.07, 6.45) is 4.85. The Morgan fingerprint density at radius 3 is 2.90 bits per heavy atom. The van der Waals surface area contributed by atoms with Gasteiger partial charge in [0, 0.05) is 24.2 Å². The van der Waals surface area contributed by atoms with E-state index < -0.39 is 0 Å². The molecule has 1 saturated carbocycles. The van der Waals surface area contributed by atoms with Crippen LogP contribution in [0.4, 0.5) is 0 Å². The van der Waals surface area contributed by atoms with Crippen molar-refractivity contribution in [2.45, 2.75) is 44.1 Å². The number of benzene rings is 1. The Balaban J connectivity index is 1.72. The molecule has 2 fully saturated rings. The van der Waals surface area contributed by atoms with Crippen molar-refractivity contribution in [3.63, 3.8) is 0 Å². The molecule has 1 N–H and O–H groups in total. The molecule has 1 aromatic rings. The molecule has 1 aromatic carbocycles. The first-order valence-corrected chi connectivity index (χ1v) is 8.12. The Morgan fingerprint density at radius 2 is 2.19 bits per heavy atom. The first-order chi connectivity index (χ1) is 10.1. The Kier molecular flexibility index (Phi) is 2.90. The molecule has 21 heavy (non-hydrogen) atoms. The van der Waals surface area contributed by atoms with Gasteiger partial charge in [0.15, 0.2) is 0 Å². The van der Waals surface area contributed by atoms with Crippen molar-refractivity contribution in [3.8, 4) is 5.75 Å². The predicted molar refractivity (Wildman–Crippen MR) is 84.5 cm³/mol. The van der Waals surface area contributed by atoms with Crippen LogP contribution >= 0.6 is 0 Å². The second-order valence-corrected chi connectivity index (χ2v) is 7.18. The van der Waals surface area contributed by atoms with E-state index in [1.807, 2.05) is 0 Å². The molecular weight excluding hydrogens is 260 g/mol. The highest BCUT2D eigenvalue weighted by Crippen LogP contribution is 2.44. The van der Waals surface area contributed by atoms with Crippen LogP contribution in [0.1, 0.15) is 37.3 Å². The van der Waals surface area contributed by atoms with Crippen LogP contribution in [0.25, 0.3) is 0 Å². The lowest BCUT2D eigenvalue weighted by atomic mass is 9.63. The Labute approximate surface area is 126 Å². The second-order valence-electron chi connectivity index (χ2n) is 7.18. The van der Waals surface area contributed by atoms with E-state index in [-0.39, 0.29) is 5.41 Å². The number of nitrogens with one attached hydrogen (secondary N) is 1. The molecule has 0 radical (unpaired) electrons. The fourth-order valence-electron chi connectivity index (χ4n) is 4.15. The van der Waals surface area contributed by atoms with Gasteiger partial charge in [-0.1, -0.05) is 13.0 Å². The van der Waals surface area contributed by atoms with E-state index in [0.717, 1.165) is 36.8 Å². The highest BCUT2D eigenvalue weighted by atomic mass is 16.5. The number of hydrogen-bond donors (Lipinski definition) is 1. The molecule has 0 aromatic heterocycles. The van der Waals surface area contributed by atoms with Gasteiger partial charge in [-0.25, -0.2) is 0 Å². The van der Waals surface area contributed by atoms with Gasteiger partial charge in [0.2, 0.25) is 0 Å². The Morgan fingerprint density at radius 1 is 1.38 bits per heavy atom. The topological polar surface area (TPSA) is 36.3 Å². The van der Waals surface area contributed by atoms with Gasteiger partial charge in [0.05, 0.1) is 13.2 Å². The third-order valence-corrected chi connectivity index (χ3v) is 5.78. The highest BCUT2D eigenvalue weighted by molar-refractivity contribution is 5.99. The number of ether oxygens (including phenoxy) is 1. The molecule has 1 heterocycles. The maximum Gasteiger partial charge on any atom is 0.119 e. The molecule has 2 aliphatic carbocycles. The van der Waals surface area contributed by atoms with Crippen molar-refractivity contribution in [2.24, 2.45) is 5.92 Å². The van der Waals surface area contributed by atoms with Crippen LogP contribution in [-0.2, 0) is 11.8 Å². The fourth-order valence-corrected chi connectivity index (χ4v) is 4.15. The van der Waals surface area contributed by atoms with Gasteiger partial charge in [-0.05, 0) is 54.9 Å². The van der Waals surface area contributed by atoms with Crippen LogP contribution < -0.4 is 4.74 Å². The average molecular weight is 284 g/mol. The summed E-state index contributed by atoms with van der Waals surface area (Å²) in [5.74, 6) is 1.82. The molecule has 3 aliphatic rings. The molecule has 3 nitrogen and oxygen atoms in total. The number of hydrogen-bond acceptors (Lipinski definition) is 3. The summed E-state index contributed by atoms with van der Waals surface area (Å²) < 4.78 is 5.40. The van der Waals surface area contributed by atoms with Gasteiger partial charge in [-0.2, -0.15) is 0 Å². The zero-order valence-electron chi connectivity index (χ0n) is 13.0. The normalized spacial score (nSPS) is 31.9. The zero-order valence-corrected chi connectivity index (χ0v) is 13.0. The maximum atomic E-state index is 8.77. The van der Waals surface area contributed by atoms with E-state index in [4.69, 9.17) is 10.1 Å². The molecule has 4 rings (SSSR count). The molecule has 3 heteroatoms. The lowest BCUT2D eigenvalue weighted by molar-refractivity contribution is 0.177. The standard InChI is InChI=1S/C18H24N2O/c1-18-7-8-20(11-12-3-4-12)16(17(18)19)9-13-5-6-14(21-2)10-15(13)18/h5-6,10,12,16,19H,3-4,7-9,11H2,1-2H3. The average Bonchev–Trinajstić information content (AvgIpc) is 3.30. The maximum absolute atomic E-state index is 8.77. The molecule has 2 bridgehead atoms. The number of piperidine rings is 1. The Bertz CT molecular complexity index is 593. The summed E-state index contributed by atoms with van der Waals surface area (Å²) in [6, 6.07) is 6.77. The van der Waals surface area contributed by atoms with E-state index in [0.29, 0.717) is 6.04 Å². The largest absolute Gasteiger partial charge is 0.497 e. The molecule has 1 saturated heterocycles. The van der Waals surface area contributed by atoms with Crippen molar-refractivity contribution in [1.82, 2.24) is 4.90 Å². The molecule has 0 amide bonds. The number of rotatable bonds is 3. The smallest absolute Gasteiger partial charge is 0.119 e. The molecule has 0 spiro atoms. The minimum Gasteiger partial charge on any atom is -0.497 e. The van der Waals surface area contributed by atoms with Crippen LogP contribution in [-0.4, -0.2) is 36.9 Å². The SMILES string of the molecule is COc1ccc2c(c1)C1(C)CCN(CC3CC3)C(C2)C1=N. The van der Waals surface area contributed by atoms with Crippen LogP contribution in [0.2, 0.25) is 0 Å². The minimum absolute atomic E-state index is 0.0904. The first-order valence-electron chi connectivity index (χ1n) is 8.12. The minimum atomic E-state index is -0.0904. The summed E-state index contributed by atoms with van der Waals surface area (Å²) in [6.45, 7) is 4.60. The van der Waals surface area contributed by atoms with E-state index >= 15 is 0 Å². The number of fused-ring (bicyclic) bond motifs is 4. The van der Waals surface area contributed by atoms with Gasteiger partial charge in [0.25, 0.3) is 0 Å². The number of nitrogens with zero attached hydrogens (tertiary/aromatic N) is 1. The van der Waals surface area contributed by atoms with Crippen LogP contribution in [0, 0.1) is 11.3 Å². The van der Waals surface area contributed by atoms with Crippen LogP contribution in [0.5, 0.6) is 5.75 Å². The van der Waals surface area contributed by atoms with Crippen molar-refractivity contribution in [2.75, 3.05) is 20.2 Å². The van der Waals surface area contributed by atoms with E-state index in [1.54, 1.807) is 7.11 Å². The summed E-state index contributed by atoms with van der Waals surface area (Å²) in [5.41, 5.74) is 3.58. The van der Waals surface area contributed by atoms with Gasteiger partial charge in [0.1, 0.15) is 5.75 Å². The van der Waals surface area contributed by atoms with Gasteiger partial charge in [-0.15, -0.1) is 0 Å². The van der Waals surface area contributed by atoms with Crippen molar-refractivity contribution in [1.29, 1.82) is 5.41 Å². The predicted octanol–water partition coefficient (Wildman–Crippen LogP) is 3.01. The highest BCUT2D eigenvalue weighted by Gasteiger charge is 2.48. The van der Waals surface area contributed by atoms with Crippen LogP contribution in [0.15, 0.2) is 18.2 Å². The van der Waals surface area contributed by atoms with Crippen LogP contribution in [0.3, 0.4) is 0 Å². The van der Waals surface area contributed by atoms with Crippen molar-refractivity contribution < 1.29 is 4.74 Å². The summed E-state index contributed by atoms with van der Waals surface area (Å²) in [4.78, 5) is 2.58. The van der Waals surface area contributed by atoms with Crippen molar-refractivity contribution >= 4 is 5.71 Å². The van der Waals surface area contributed by atoms with Crippen molar-refractivity contribution in [3.05, 3.63) is 29.3 Å². The molecule has 2 atom stereocenters. The Hall–Kier alpha value is -1.35. The molecule has 1 aliphatic heterocycles. The zero-order chi connectivity index (χ0) is 14.6. The monoisotopic (exact) mass is 284 g/mol. The van der Waals surface area contributed by atoms with E-state index in [2.05, 4.69) is 30.0 Å². The summed E-state index contributed by atoms with van der Waals surface area (Å²) >= 11 is 0. The fraction of sp³-hybridized carbons (Fsp3) is 0.611. The van der Waals surface area contributed by atoms with E-state index in [9.17, 15) is 0 Å².